The average molecular weight is 1800 g/mol. The summed E-state index contributed by atoms with van der Waals surface area (Å²) in [6.45, 7) is 31.5. The topological polar surface area (TPSA) is 482 Å². The second-order valence-electron chi connectivity index (χ2n) is 28.4. The van der Waals surface area contributed by atoms with Gasteiger partial charge >= 0.3 is 121 Å². The number of nitrogen functional groups attached to an aromatic ring is 4. The number of fused-ring (bicyclic) bond motifs is 4. The summed E-state index contributed by atoms with van der Waals surface area (Å²) in [5.74, 6) is -1.71. The van der Waals surface area contributed by atoms with Crippen LogP contribution < -0.4 is 158 Å². The molecule has 115 heavy (non-hydrogen) atoms. The molecule has 14 rings (SSSR count). The number of alkyl carbamates (subject to hydrolysis) is 2. The molecule has 32 nitrogen and oxygen atoms in total. The normalized spacial score (nSPS) is 13.7. The summed E-state index contributed by atoms with van der Waals surface area (Å²) < 4.78 is 35.4. The first-order chi connectivity index (χ1) is 52.7. The van der Waals surface area contributed by atoms with E-state index in [1.807, 2.05) is 76.2 Å². The van der Waals surface area contributed by atoms with E-state index in [0.717, 1.165) is 102 Å². The molecular weight excluding hydrogens is 1710 g/mol. The number of nitrogens with two attached hydrogens (primary N) is 5. The quantitative estimate of drug-likeness (QED) is 0.0292. The van der Waals surface area contributed by atoms with Crippen molar-refractivity contribution in [3.05, 3.63) is 136 Å². The number of aryl methyl sites for hydroxylation is 8. The average Bonchev–Trinajstić information content (AvgIpc) is 1.63. The van der Waals surface area contributed by atoms with Gasteiger partial charge in [-0.15, -0.1) is 78.1 Å². The monoisotopic (exact) mass is 1800 g/mol. The van der Waals surface area contributed by atoms with Gasteiger partial charge in [0, 0.05) is 97.9 Å². The van der Waals surface area contributed by atoms with Crippen molar-refractivity contribution in [2.24, 2.45) is 5.73 Å². The summed E-state index contributed by atoms with van der Waals surface area (Å²) in [6.07, 6.45) is -0.800. The third kappa shape index (κ3) is 26.2. The molecule has 0 aliphatic carbocycles. The van der Waals surface area contributed by atoms with E-state index in [1.165, 1.54) is 58.3 Å². The molecule has 610 valence electrons. The zero-order chi connectivity index (χ0) is 82.5. The predicted molar refractivity (Wildman–Crippen MR) is 439 cm³/mol. The molecule has 0 saturated carbocycles. The Labute approximate surface area is 779 Å². The van der Waals surface area contributed by atoms with Gasteiger partial charge < -0.3 is 90.8 Å². The second kappa shape index (κ2) is 43.9. The Hall–Kier alpha value is -6.57. The number of carboxylic acid groups (broad SMARTS) is 1. The molecule has 0 unspecified atom stereocenters. The van der Waals surface area contributed by atoms with Crippen LogP contribution in [0, 0.1) is 67.0 Å². The number of benzene rings is 2. The number of nitrogens with zero attached hydrogens (tertiary/aromatic N) is 11. The number of amides is 5. The maximum Gasteiger partial charge on any atom is 1.00 e. The van der Waals surface area contributed by atoms with Crippen molar-refractivity contribution in [1.29, 1.82) is 0 Å². The van der Waals surface area contributed by atoms with Crippen LogP contribution in [0.4, 0.5) is 41.1 Å². The van der Waals surface area contributed by atoms with E-state index in [2.05, 4.69) is 82.9 Å². The molecule has 4 saturated heterocycles. The van der Waals surface area contributed by atoms with Crippen LogP contribution in [0.5, 0.6) is 0 Å². The Balaban J connectivity index is 0.000000297. The maximum atomic E-state index is 12.9. The Kier molecular flexibility index (Phi) is 37.8. The largest absolute Gasteiger partial charge is 1.00 e. The molecule has 15 N–H and O–H groups in total. The van der Waals surface area contributed by atoms with Gasteiger partial charge in [-0.05, 0) is 155 Å². The van der Waals surface area contributed by atoms with Crippen molar-refractivity contribution in [3.8, 4) is 0 Å². The van der Waals surface area contributed by atoms with E-state index in [0.29, 0.717) is 102 Å². The molecule has 4 fully saturated rings. The van der Waals surface area contributed by atoms with Crippen molar-refractivity contribution in [3.63, 3.8) is 0 Å². The fraction of sp³-hybridized carbons (Fsp3) is 0.411. The molecule has 4 aliphatic heterocycles. The number of likely N-dealkylation sites (tertiary alicyclic amines) is 3. The molecule has 2 aromatic carbocycles. The Bertz CT molecular complexity index is 5100. The fourth-order valence-electron chi connectivity index (χ4n) is 11.0. The van der Waals surface area contributed by atoms with Gasteiger partial charge in [0.05, 0.1) is 57.6 Å². The number of carboxylic acids is 1. The van der Waals surface area contributed by atoms with Gasteiger partial charge in [0.25, 0.3) is 24.2 Å². The first-order valence-corrected chi connectivity index (χ1v) is 39.3. The smallest absolute Gasteiger partial charge is 1.00 e. The Morgan fingerprint density at radius 3 is 1.12 bits per heavy atom. The number of hydrogen-bond acceptors (Lipinski definition) is 30. The molecule has 0 radical (unpaired) electrons. The Morgan fingerprint density at radius 1 is 0.539 bits per heavy atom. The third-order valence-corrected chi connectivity index (χ3v) is 22.6. The number of aromatic nitrogens is 8. The van der Waals surface area contributed by atoms with E-state index in [9.17, 15) is 37.5 Å². The number of alkyl halides is 1. The molecule has 10 aromatic rings. The number of carbonyl (C=O) groups excluding carboxylic acids is 6. The second-order valence-corrected chi connectivity index (χ2v) is 33.0. The molecule has 12 heterocycles. The summed E-state index contributed by atoms with van der Waals surface area (Å²) in [5, 5.41) is 65.9. The molecular formula is C73H92BrClF2K2N20O12S4. The standard InChI is InChI=1S/C19H20FN5OS.C17H23N5O3S.C12H15N5OS.C9H9N3O2S.C8H16N2O2.C7H6BrF.CH2O3.ClH.2K.H/c1-10-11(2)23-24-18-15(10)16(21)17(27-18)19(26)25-8-14(9-25)22-7-12-3-5-13(20)6-4-12;1-8-9(2)20-21-14-11(8)12(18)13(26-14)15(23)22-6-10(7-22)19-16(24)25-17(3,4)5;1-5-6(2)15-16-11-8(5)9(14)10(19-11)12(18)17-3-7(13)4-17;1-3-4(2)11-12-8-5(3)6(10)7(15-8)9(13)14;1-8(2,3)12-7(11)10-6-4-9-5-6;8-5-6-1-3-7(9)4-2-6;2-1-4-3;;;;/h3-6,14,22H,7-9,21H2,1-2H3;10H,6-7,18H2,1-5H3,(H,19,24);7H,3-4,13-14H2,1-2H3;10H2,1-2H3,(H,13,14);6,9H,4-5H2,1-3H3,(H,10,11);1-4H,5H2;1,3H;1H;;;/q;;;;;;;;2*+1;-1/p-1. The summed E-state index contributed by atoms with van der Waals surface area (Å²) in [5.41, 5.74) is 40.0. The molecule has 42 heteroatoms. The Morgan fingerprint density at radius 2 is 0.835 bits per heavy atom. The molecule has 8 aromatic heterocycles. The van der Waals surface area contributed by atoms with Crippen LogP contribution in [-0.4, -0.2) is 191 Å². The molecule has 0 atom stereocenters. The van der Waals surface area contributed by atoms with E-state index in [1.54, 1.807) is 59.7 Å². The van der Waals surface area contributed by atoms with Gasteiger partial charge in [-0.2, -0.15) is 20.4 Å². The van der Waals surface area contributed by atoms with E-state index < -0.39 is 23.3 Å². The zero-order valence-corrected chi connectivity index (χ0v) is 78.4. The minimum atomic E-state index is -1.02. The van der Waals surface area contributed by atoms with Crippen molar-refractivity contribution < 1.29 is 171 Å². The SMILES string of the molecule is CC(C)(C)OC(=O)NC1CNC1.Cc1nnc2sc(C(=O)N3CC(N)C3)c(N)c2c1C.Cc1nnc2sc(C(=O)N3CC(NC(=O)OC(C)(C)C)C3)c(N)c2c1C.Cc1nnc2sc(C(=O)N3CC(NCc4ccc(F)cc4)C3)c(N)c2c1C.Cc1nnc2sc(C(=O)O)c(N)c2c1C.Cl.Fc1ccc(CBr)cc1.O=CO[O-].[H-].[K+].[K+]. The molecule has 5 amide bonds. The van der Waals surface area contributed by atoms with E-state index in [-0.39, 0.29) is 193 Å². The number of anilines is 4. The number of aromatic carboxylic acids is 1. The minimum absolute atomic E-state index is 0. The van der Waals surface area contributed by atoms with Crippen molar-refractivity contribution in [2.75, 3.05) is 75.3 Å². The molecule has 0 spiro atoms. The third-order valence-electron chi connectivity index (χ3n) is 17.7. The first-order valence-electron chi connectivity index (χ1n) is 34.9. The number of nitrogens with one attached hydrogen (secondary N) is 4. The van der Waals surface area contributed by atoms with Gasteiger partial charge in [-0.1, -0.05) is 40.2 Å². The van der Waals surface area contributed by atoms with Gasteiger partial charge in [-0.3, -0.25) is 19.2 Å². The van der Waals surface area contributed by atoms with Crippen LogP contribution in [0.2, 0.25) is 0 Å². The summed E-state index contributed by atoms with van der Waals surface area (Å²) in [4.78, 5) is 92.3. The summed E-state index contributed by atoms with van der Waals surface area (Å²) in [7, 11) is 0. The van der Waals surface area contributed by atoms with Gasteiger partial charge in [0.15, 0.2) is 0 Å². The van der Waals surface area contributed by atoms with Crippen LogP contribution in [0.15, 0.2) is 48.5 Å². The number of thiophene rings is 4. The van der Waals surface area contributed by atoms with E-state index >= 15 is 0 Å². The minimum Gasteiger partial charge on any atom is -1.00 e. The molecule has 4 aliphatic rings. The van der Waals surface area contributed by atoms with Gasteiger partial charge in [-0.25, -0.2) is 23.2 Å². The maximum absolute atomic E-state index is 12.9. The predicted octanol–water partition coefficient (Wildman–Crippen LogP) is 3.33. The van der Waals surface area contributed by atoms with E-state index in [4.69, 9.17) is 53.3 Å². The van der Waals surface area contributed by atoms with Crippen LogP contribution in [0.3, 0.4) is 0 Å². The summed E-state index contributed by atoms with van der Waals surface area (Å²) in [6, 6.07) is 13.3. The van der Waals surface area contributed by atoms with Crippen LogP contribution in [0.25, 0.3) is 40.9 Å². The van der Waals surface area contributed by atoms with Gasteiger partial charge in [0.1, 0.15) is 61.7 Å². The fourth-order valence-corrected chi connectivity index (χ4v) is 15.5. The first kappa shape index (κ1) is 99.0. The number of rotatable bonds is 11. The van der Waals surface area contributed by atoms with Crippen molar-refractivity contribution in [1.82, 2.24) is 76.8 Å². The molecule has 0 bridgehead atoms. The van der Waals surface area contributed by atoms with Crippen LogP contribution >= 0.6 is 73.7 Å². The zero-order valence-electron chi connectivity index (χ0n) is 67.5. The summed E-state index contributed by atoms with van der Waals surface area (Å²) >= 11 is 8.17. The van der Waals surface area contributed by atoms with Crippen molar-refractivity contribution >= 4 is 180 Å². The number of ether oxygens (including phenoxy) is 2. The van der Waals surface area contributed by atoms with Gasteiger partial charge in [0.2, 0.25) is 0 Å². The van der Waals surface area contributed by atoms with Crippen molar-refractivity contribution in [2.45, 2.75) is 144 Å². The number of halogens is 4. The van der Waals surface area contributed by atoms with Crippen LogP contribution in [0.1, 0.15) is 138 Å². The number of hydrogen-bond donors (Lipinski definition) is 10. The number of carbonyl (C=O) groups is 7. The van der Waals surface area contributed by atoms with Crippen LogP contribution in [-0.2, 0) is 31.0 Å².